The van der Waals surface area contributed by atoms with Crippen LogP contribution in [0.15, 0.2) is 134 Å². The second-order valence-electron chi connectivity index (χ2n) is 16.6. The topological polar surface area (TPSA) is 127 Å². The van der Waals surface area contributed by atoms with E-state index in [1.54, 1.807) is 0 Å². The highest BCUT2D eigenvalue weighted by Crippen LogP contribution is 2.39. The molecule has 0 spiro atoms. The fraction of sp³-hybridized carbons (Fsp3) is 0.409. The maximum absolute atomic E-state index is 11.3. The lowest BCUT2D eigenvalue weighted by molar-refractivity contribution is -0.323. The first-order valence-electron chi connectivity index (χ1n) is 19.1. The summed E-state index contributed by atoms with van der Waals surface area (Å²) in [7, 11) is -6.04. The summed E-state index contributed by atoms with van der Waals surface area (Å²) in [6.07, 6.45) is -7.34. The molecule has 0 aliphatic carbocycles. The molecule has 0 amide bonds. The predicted octanol–water partition coefficient (Wildman–Crippen LogP) is 3.61. The molecule has 55 heavy (non-hydrogen) atoms. The van der Waals surface area contributed by atoms with Crippen LogP contribution >= 0.6 is 0 Å². The summed E-state index contributed by atoms with van der Waals surface area (Å²) >= 11 is 0. The zero-order chi connectivity index (χ0) is 39.4. The number of hydrogen-bond donors (Lipinski definition) is 4. The Balaban J connectivity index is 1.27. The van der Waals surface area contributed by atoms with E-state index in [4.69, 9.17) is 23.1 Å². The first-order valence-corrected chi connectivity index (χ1v) is 22.9. The van der Waals surface area contributed by atoms with Gasteiger partial charge in [-0.25, -0.2) is 0 Å². The molecule has 4 N–H and O–H groups in total. The second kappa shape index (κ2) is 16.9. The van der Waals surface area contributed by atoms with E-state index in [9.17, 15) is 20.4 Å². The Kier molecular flexibility index (Phi) is 12.7. The third kappa shape index (κ3) is 8.19. The molecule has 9 nitrogen and oxygen atoms in total. The van der Waals surface area contributed by atoms with Crippen molar-refractivity contribution in [2.45, 2.75) is 101 Å². The lowest BCUT2D eigenvalue weighted by atomic mass is 9.99. The van der Waals surface area contributed by atoms with E-state index in [1.807, 2.05) is 72.8 Å². The van der Waals surface area contributed by atoms with Crippen LogP contribution in [0.3, 0.4) is 0 Å². The molecule has 11 heteroatoms. The predicted molar refractivity (Wildman–Crippen MR) is 219 cm³/mol. The Labute approximate surface area is 327 Å². The summed E-state index contributed by atoms with van der Waals surface area (Å²) < 4.78 is 32.9. The van der Waals surface area contributed by atoms with E-state index < -0.39 is 65.7 Å². The van der Waals surface area contributed by atoms with E-state index >= 15 is 0 Å². The highest BCUT2D eigenvalue weighted by Gasteiger charge is 2.54. The first kappa shape index (κ1) is 41.2. The summed E-state index contributed by atoms with van der Waals surface area (Å²) in [6.45, 7) is 12.9. The van der Waals surface area contributed by atoms with Crippen LogP contribution < -0.4 is 20.7 Å². The van der Waals surface area contributed by atoms with Gasteiger partial charge in [-0.3, -0.25) is 0 Å². The molecule has 6 rings (SSSR count). The Bertz CT molecular complexity index is 1740. The van der Waals surface area contributed by atoms with Crippen molar-refractivity contribution in [1.82, 2.24) is 0 Å². The molecule has 0 unspecified atom stereocenters. The third-order valence-electron chi connectivity index (χ3n) is 11.0. The number of benzene rings is 4. The lowest BCUT2D eigenvalue weighted by Gasteiger charge is -2.47. The molecule has 0 aromatic heterocycles. The van der Waals surface area contributed by atoms with Crippen molar-refractivity contribution in [3.8, 4) is 0 Å². The lowest BCUT2D eigenvalue weighted by Crippen LogP contribution is -2.68. The molecule has 0 bridgehead atoms. The fourth-order valence-electron chi connectivity index (χ4n) is 8.19. The molecular weight excluding hydrogens is 729 g/mol. The fourth-order valence-corrected chi connectivity index (χ4v) is 17.3. The first-order chi connectivity index (χ1) is 26.2. The number of aliphatic hydroxyl groups is 4. The quantitative estimate of drug-likeness (QED) is 0.160. The van der Waals surface area contributed by atoms with Gasteiger partial charge >= 0.3 is 0 Å². The summed E-state index contributed by atoms with van der Waals surface area (Å²) in [5, 5.41) is 48.6. The van der Waals surface area contributed by atoms with E-state index in [1.165, 1.54) is 12.3 Å². The Morgan fingerprint density at radius 3 is 1.29 bits per heavy atom. The van der Waals surface area contributed by atoms with Crippen LogP contribution in [0.25, 0.3) is 0 Å². The van der Waals surface area contributed by atoms with E-state index in [0.717, 1.165) is 20.7 Å². The Morgan fingerprint density at radius 1 is 0.527 bits per heavy atom. The van der Waals surface area contributed by atoms with Gasteiger partial charge in [-0.1, -0.05) is 163 Å². The molecule has 8 atom stereocenters. The molecule has 2 aliphatic rings. The molecule has 294 valence electrons. The van der Waals surface area contributed by atoms with Crippen LogP contribution in [-0.2, 0) is 23.1 Å². The van der Waals surface area contributed by atoms with Gasteiger partial charge < -0.3 is 43.5 Å². The average Bonchev–Trinajstić information content (AvgIpc) is 3.17. The van der Waals surface area contributed by atoms with Crippen molar-refractivity contribution < 1.29 is 43.5 Å². The van der Waals surface area contributed by atoms with Crippen molar-refractivity contribution in [3.05, 3.63) is 134 Å². The summed E-state index contributed by atoms with van der Waals surface area (Å²) in [5.41, 5.74) is 0. The van der Waals surface area contributed by atoms with Gasteiger partial charge in [0, 0.05) is 0 Å². The highest BCUT2D eigenvalue weighted by atomic mass is 28.4. The van der Waals surface area contributed by atoms with Gasteiger partial charge in [0.2, 0.25) is 0 Å². The van der Waals surface area contributed by atoms with Gasteiger partial charge in [-0.15, -0.1) is 0 Å². The minimum Gasteiger partial charge on any atom is -0.493 e. The van der Waals surface area contributed by atoms with Crippen LogP contribution in [-0.4, -0.2) is 99.3 Å². The largest absolute Gasteiger partial charge is 0.493 e. The molecule has 1 saturated heterocycles. The molecule has 4 aromatic rings. The van der Waals surface area contributed by atoms with Crippen LogP contribution in [0.4, 0.5) is 0 Å². The van der Waals surface area contributed by atoms with Crippen LogP contribution in [0.5, 0.6) is 0 Å². The van der Waals surface area contributed by atoms with Gasteiger partial charge in [-0.05, 0) is 36.9 Å². The smallest absolute Gasteiger partial charge is 0.261 e. The number of ether oxygens (including phenoxy) is 3. The summed E-state index contributed by atoms with van der Waals surface area (Å²) in [4.78, 5) is 0. The van der Waals surface area contributed by atoms with Crippen LogP contribution in [0.2, 0.25) is 10.1 Å². The van der Waals surface area contributed by atoms with Crippen molar-refractivity contribution in [3.63, 3.8) is 0 Å². The molecule has 4 aromatic carbocycles. The van der Waals surface area contributed by atoms with Crippen LogP contribution in [0.1, 0.15) is 41.5 Å². The standard InChI is InChI=1S/C44H56O9Si2/c1-43(2,3)54(31-19-11-7-12-20-31,32-21-13-8-14-22-32)50-29-36-38(46)39(47)40(48)42(52-36)53-41-35(45)27-28-49-37(41)30-51-55(44(4,5)6,33-23-15-9-16-24-33)34-25-17-10-18-26-34/h7-28,35-42,45-48H,29-30H2,1-6H3/t35-,36-,37-,38+,39+,40-,41-,42-/m1/s1. The minimum absolute atomic E-state index is 0.0493. The minimum atomic E-state index is -3.05. The maximum Gasteiger partial charge on any atom is 0.261 e. The maximum atomic E-state index is 11.3. The molecule has 2 heterocycles. The van der Waals surface area contributed by atoms with Gasteiger partial charge in [0.1, 0.15) is 42.7 Å². The monoisotopic (exact) mass is 784 g/mol. The SMILES string of the molecule is CC(C)(C)[Si](OC[C@H]1O[C@H](O[C@@H]2[C@H](O)C=CO[C@@H]2CO[Si](c2ccccc2)(c2ccccc2)C(C)(C)C)[C@H](O)[C@@H](O)[C@H]1O)(c1ccccc1)c1ccccc1. The van der Waals surface area contributed by atoms with Crippen LogP contribution in [0, 0.1) is 0 Å². The normalized spacial score (nSPS) is 26.4. The highest BCUT2D eigenvalue weighted by molar-refractivity contribution is 7.00. The van der Waals surface area contributed by atoms with Crippen molar-refractivity contribution in [2.75, 3.05) is 13.2 Å². The van der Waals surface area contributed by atoms with Gasteiger partial charge in [0.15, 0.2) is 6.29 Å². The zero-order valence-electron chi connectivity index (χ0n) is 32.6. The molecule has 0 saturated carbocycles. The van der Waals surface area contributed by atoms with E-state index in [2.05, 4.69) is 90.1 Å². The van der Waals surface area contributed by atoms with Crippen molar-refractivity contribution in [2.24, 2.45) is 0 Å². The number of rotatable bonds is 12. The average molecular weight is 785 g/mol. The molecule has 0 radical (unpaired) electrons. The summed E-state index contributed by atoms with van der Waals surface area (Å²) in [5.74, 6) is 0. The molecule has 2 aliphatic heterocycles. The van der Waals surface area contributed by atoms with E-state index in [0.29, 0.717) is 0 Å². The van der Waals surface area contributed by atoms with Gasteiger partial charge in [0.25, 0.3) is 16.6 Å². The Morgan fingerprint density at radius 2 is 0.909 bits per heavy atom. The molecule has 1 fully saturated rings. The zero-order valence-corrected chi connectivity index (χ0v) is 34.6. The van der Waals surface area contributed by atoms with Gasteiger partial charge in [0.05, 0.1) is 19.5 Å². The number of hydrogen-bond acceptors (Lipinski definition) is 9. The second-order valence-corrected chi connectivity index (χ2v) is 25.2. The Hall–Kier alpha value is -3.47. The molecular formula is C44H56O9Si2. The summed E-state index contributed by atoms with van der Waals surface area (Å²) in [6, 6.07) is 40.6. The van der Waals surface area contributed by atoms with Gasteiger partial charge in [-0.2, -0.15) is 0 Å². The third-order valence-corrected chi connectivity index (χ3v) is 21.0. The van der Waals surface area contributed by atoms with E-state index in [-0.39, 0.29) is 23.3 Å². The van der Waals surface area contributed by atoms with Crippen molar-refractivity contribution >= 4 is 37.4 Å². The van der Waals surface area contributed by atoms with Crippen molar-refractivity contribution in [1.29, 1.82) is 0 Å². The number of aliphatic hydroxyl groups excluding tert-OH is 4.